The summed E-state index contributed by atoms with van der Waals surface area (Å²) in [6.45, 7) is 73.4. The van der Waals surface area contributed by atoms with Crippen molar-refractivity contribution in [2.24, 2.45) is 34.5 Å². The van der Waals surface area contributed by atoms with Crippen LogP contribution in [0.15, 0.2) is 0 Å². The third kappa shape index (κ3) is 117. The molecule has 376 valence electrons. The van der Waals surface area contributed by atoms with E-state index in [-0.39, 0.29) is 52.0 Å². The van der Waals surface area contributed by atoms with E-state index in [1.807, 2.05) is 83.1 Å². The number of rotatable bonds is 8. The lowest BCUT2D eigenvalue weighted by atomic mass is 9.65. The molecular weight excluding hydrogens is 673 g/mol. The highest BCUT2D eigenvalue weighted by atomic mass is 14.4. The topological polar surface area (TPSA) is 0 Å². The smallest absolute Gasteiger partial charge is 0.0257 e. The molecule has 0 amide bonds. The first-order valence-electron chi connectivity index (χ1n) is 23.1. The third-order valence-electron chi connectivity index (χ3n) is 7.23. The molecule has 0 aliphatic rings. The Bertz CT molecular complexity index is 253. The van der Waals surface area contributed by atoms with Crippen LogP contribution in [0.25, 0.3) is 0 Å². The Labute approximate surface area is 378 Å². The molecule has 0 radical (unpaired) electrons. The van der Waals surface area contributed by atoms with E-state index in [1.165, 1.54) is 57.8 Å². The molecule has 0 aromatic rings. The summed E-state index contributed by atoms with van der Waals surface area (Å²) in [5, 5.41) is 0. The summed E-state index contributed by atoms with van der Waals surface area (Å²) in [6.07, 6.45) is 11.5. The zero-order chi connectivity index (χ0) is 43.7. The zero-order valence-electron chi connectivity index (χ0n) is 43.7. The largest absolute Gasteiger partial charge is 0.0776 e. The minimum atomic E-state index is 0. The van der Waals surface area contributed by atoms with E-state index >= 15 is 0 Å². The van der Waals surface area contributed by atoms with E-state index < -0.39 is 0 Å². The molecule has 0 atom stereocenters. The highest BCUT2D eigenvalue weighted by Crippen LogP contribution is 2.42. The van der Waals surface area contributed by atoms with Crippen LogP contribution in [0.3, 0.4) is 0 Å². The van der Waals surface area contributed by atoms with E-state index in [4.69, 9.17) is 0 Å². The highest BCUT2D eigenvalue weighted by molar-refractivity contribution is 4.83. The summed E-state index contributed by atoms with van der Waals surface area (Å²) < 4.78 is 0. The second-order valence-electron chi connectivity index (χ2n) is 12.0. The van der Waals surface area contributed by atoms with Gasteiger partial charge in [-0.05, 0) is 60.2 Å². The van der Waals surface area contributed by atoms with Crippen molar-refractivity contribution in [1.82, 2.24) is 0 Å². The first-order valence-corrected chi connectivity index (χ1v) is 23.1. The van der Waals surface area contributed by atoms with Gasteiger partial charge in [0.15, 0.2) is 0 Å². The van der Waals surface area contributed by atoms with Crippen LogP contribution in [0.4, 0.5) is 0 Å². The lowest BCUT2D eigenvalue weighted by Crippen LogP contribution is -2.31. The minimum Gasteiger partial charge on any atom is -0.0776 e. The van der Waals surface area contributed by atoms with Crippen LogP contribution < -0.4 is 0 Å². The third-order valence-corrected chi connectivity index (χ3v) is 7.23. The van der Waals surface area contributed by atoms with E-state index in [0.29, 0.717) is 10.8 Å². The molecular formula is C56H152. The van der Waals surface area contributed by atoms with E-state index in [0.717, 1.165) is 23.7 Å². The van der Waals surface area contributed by atoms with Gasteiger partial charge in [0.2, 0.25) is 0 Å². The molecule has 0 heterocycles. The molecule has 0 rings (SSSR count). The second kappa shape index (κ2) is 147. The summed E-state index contributed by atoms with van der Waals surface area (Å²) in [6, 6.07) is 0. The Balaban J connectivity index is -0.0000000149. The quantitative estimate of drug-likeness (QED) is 0.229. The van der Waals surface area contributed by atoms with Gasteiger partial charge in [-0.15, -0.1) is 0 Å². The molecule has 0 aliphatic heterocycles. The predicted molar refractivity (Wildman–Crippen MR) is 300 cm³/mol. The molecule has 0 saturated carbocycles. The summed E-state index contributed by atoms with van der Waals surface area (Å²) in [5.74, 6) is 3.27. The fourth-order valence-corrected chi connectivity index (χ4v) is 5.10. The molecule has 0 saturated heterocycles. The van der Waals surface area contributed by atoms with Gasteiger partial charge in [-0.3, -0.25) is 0 Å². The van der Waals surface area contributed by atoms with Crippen LogP contribution in [-0.4, -0.2) is 0 Å². The van der Waals surface area contributed by atoms with Gasteiger partial charge in [0, 0.05) is 0 Å². The van der Waals surface area contributed by atoms with Crippen molar-refractivity contribution in [3.63, 3.8) is 0 Å². The van der Waals surface area contributed by atoms with Crippen molar-refractivity contribution in [2.75, 3.05) is 0 Å². The molecule has 0 bridgehead atoms. The van der Waals surface area contributed by atoms with E-state index in [9.17, 15) is 0 Å². The average Bonchev–Trinajstić information content (AvgIpc) is 3.10. The molecule has 0 aliphatic carbocycles. The van der Waals surface area contributed by atoms with Crippen LogP contribution in [-0.2, 0) is 0 Å². The minimum absolute atomic E-state index is 0. The normalized spacial score (nSPS) is 7.39. The van der Waals surface area contributed by atoms with Crippen molar-refractivity contribution in [2.45, 2.75) is 345 Å². The summed E-state index contributed by atoms with van der Waals surface area (Å²) >= 11 is 0. The molecule has 0 unspecified atom stereocenters. The first-order chi connectivity index (χ1) is 23.1. The van der Waals surface area contributed by atoms with Gasteiger partial charge in [0.1, 0.15) is 0 Å². The molecule has 0 heteroatoms. The average molecular weight is 826 g/mol. The van der Waals surface area contributed by atoms with Crippen LogP contribution in [0.5, 0.6) is 0 Å². The second-order valence-corrected chi connectivity index (χ2v) is 12.0. The Morgan fingerprint density at radius 3 is 0.268 bits per heavy atom. The van der Waals surface area contributed by atoms with E-state index in [1.54, 1.807) is 0 Å². The van der Waals surface area contributed by atoms with Gasteiger partial charge in [-0.2, -0.15) is 0 Å². The fourth-order valence-electron chi connectivity index (χ4n) is 5.10. The molecule has 0 nitrogen and oxygen atoms in total. The van der Waals surface area contributed by atoms with Gasteiger partial charge in [-0.25, -0.2) is 0 Å². The van der Waals surface area contributed by atoms with Crippen LogP contribution >= 0.6 is 0 Å². The summed E-state index contributed by atoms with van der Waals surface area (Å²) in [5.41, 5.74) is 1.17. The molecule has 0 N–H and O–H groups in total. The van der Waals surface area contributed by atoms with Crippen molar-refractivity contribution in [1.29, 1.82) is 0 Å². The lowest BCUT2D eigenvalue weighted by molar-refractivity contribution is 0.0991. The summed E-state index contributed by atoms with van der Waals surface area (Å²) in [7, 11) is 0. The molecule has 0 spiro atoms. The van der Waals surface area contributed by atoms with Crippen molar-refractivity contribution < 1.29 is 0 Å². The van der Waals surface area contributed by atoms with Crippen LogP contribution in [0, 0.1) is 34.5 Å². The van der Waals surface area contributed by atoms with Gasteiger partial charge in [0.05, 0.1) is 0 Å². The first kappa shape index (κ1) is 131. The van der Waals surface area contributed by atoms with Crippen molar-refractivity contribution >= 4 is 0 Å². The zero-order valence-corrected chi connectivity index (χ0v) is 43.7. The van der Waals surface area contributed by atoms with Crippen LogP contribution in [0.1, 0.15) is 345 Å². The van der Waals surface area contributed by atoms with Gasteiger partial charge >= 0.3 is 0 Å². The maximum atomic E-state index is 2.35. The van der Waals surface area contributed by atoms with Gasteiger partial charge in [0.25, 0.3) is 0 Å². The maximum absolute atomic E-state index is 2.35. The predicted octanol–water partition coefficient (Wildman–Crippen LogP) is 25.9. The SMILES string of the molecule is C.C.C.C.C.C.C.CC.CC.CC.CC.CC.CC.CCC.CCC.CCC.CCC.CCC.CCC(CC)(C(C)C)C(C)C.CCC(CC)(C(C)C)C(C)C. The Kier molecular flexibility index (Phi) is 344. The van der Waals surface area contributed by atoms with Gasteiger partial charge < -0.3 is 0 Å². The van der Waals surface area contributed by atoms with E-state index in [2.05, 4.69) is 152 Å². The molecule has 56 heavy (non-hydrogen) atoms. The molecule has 0 fully saturated rings. The molecule has 0 aromatic carbocycles. The van der Waals surface area contributed by atoms with Gasteiger partial charge in [-0.1, -0.05) is 319 Å². The maximum Gasteiger partial charge on any atom is -0.0257 e. The Morgan fingerprint density at radius 1 is 0.214 bits per heavy atom. The molecule has 0 aromatic heterocycles. The number of hydrogen-bond acceptors (Lipinski definition) is 0. The monoisotopic (exact) mass is 825 g/mol. The Morgan fingerprint density at radius 2 is 0.268 bits per heavy atom. The standard InChI is InChI=1S/2C11H24.5C3H8.6C2H6.7CH4/c2*1-7-11(8-2,9(3)4)10(5)6;5*1-3-2;6*1-2;;;;;;;/h2*9-10H,7-8H2,1-6H3;5*3H2,1-2H3;6*1-2H3;7*1H4. The Hall–Kier alpha value is 0. The fraction of sp³-hybridized carbons (Fsp3) is 1.00. The van der Waals surface area contributed by atoms with Crippen molar-refractivity contribution in [3.05, 3.63) is 0 Å². The van der Waals surface area contributed by atoms with Crippen LogP contribution in [0.2, 0.25) is 0 Å². The number of hydrogen-bond donors (Lipinski definition) is 0. The highest BCUT2D eigenvalue weighted by Gasteiger charge is 2.33. The van der Waals surface area contributed by atoms with Crippen molar-refractivity contribution in [3.8, 4) is 0 Å². The summed E-state index contributed by atoms with van der Waals surface area (Å²) in [4.78, 5) is 0. The lowest BCUT2D eigenvalue weighted by Gasteiger charge is -2.40.